The van der Waals surface area contributed by atoms with Crippen molar-refractivity contribution in [1.29, 1.82) is 0 Å². The fourth-order valence-corrected chi connectivity index (χ4v) is 3.90. The van der Waals surface area contributed by atoms with E-state index in [0.29, 0.717) is 12.0 Å². The third kappa shape index (κ3) is 3.02. The number of benzene rings is 2. The molecular formula is C22H24N2. The second kappa shape index (κ2) is 6.66. The van der Waals surface area contributed by atoms with Gasteiger partial charge in [-0.15, -0.1) is 0 Å². The summed E-state index contributed by atoms with van der Waals surface area (Å²) < 4.78 is 0. The highest BCUT2D eigenvalue weighted by molar-refractivity contribution is 5.63. The predicted octanol–water partition coefficient (Wildman–Crippen LogP) is 5.20. The van der Waals surface area contributed by atoms with Crippen LogP contribution in [0.3, 0.4) is 0 Å². The van der Waals surface area contributed by atoms with Crippen LogP contribution in [-0.4, -0.2) is 11.5 Å². The maximum atomic E-state index is 3.70. The molecule has 1 saturated heterocycles. The first kappa shape index (κ1) is 15.2. The van der Waals surface area contributed by atoms with E-state index in [-0.39, 0.29) is 0 Å². The summed E-state index contributed by atoms with van der Waals surface area (Å²) in [6.07, 6.45) is 4.46. The maximum Gasteiger partial charge on any atom is 0.0326 e. The molecule has 2 heteroatoms. The molecule has 2 nitrogen and oxygen atoms in total. The minimum Gasteiger partial charge on any atom is -0.365 e. The smallest absolute Gasteiger partial charge is 0.0326 e. The van der Waals surface area contributed by atoms with Gasteiger partial charge in [-0.1, -0.05) is 54.6 Å². The van der Waals surface area contributed by atoms with E-state index < -0.39 is 0 Å². The van der Waals surface area contributed by atoms with Gasteiger partial charge in [0.05, 0.1) is 0 Å². The average Bonchev–Trinajstić information content (AvgIpc) is 3.09. The van der Waals surface area contributed by atoms with E-state index in [1.165, 1.54) is 40.8 Å². The predicted molar refractivity (Wildman–Crippen MR) is 100 cm³/mol. The highest BCUT2D eigenvalue weighted by atomic mass is 14.9. The van der Waals surface area contributed by atoms with E-state index >= 15 is 0 Å². The van der Waals surface area contributed by atoms with E-state index in [0.717, 1.165) is 6.54 Å². The average molecular weight is 316 g/mol. The molecular weight excluding hydrogens is 292 g/mol. The third-order valence-electron chi connectivity index (χ3n) is 5.26. The van der Waals surface area contributed by atoms with Gasteiger partial charge < -0.3 is 10.3 Å². The van der Waals surface area contributed by atoms with Gasteiger partial charge in [0, 0.05) is 17.9 Å². The molecule has 122 valence electrons. The van der Waals surface area contributed by atoms with Gasteiger partial charge in [0.15, 0.2) is 0 Å². The largest absolute Gasteiger partial charge is 0.365 e. The fourth-order valence-electron chi connectivity index (χ4n) is 3.90. The Hall–Kier alpha value is -2.32. The molecule has 4 rings (SSSR count). The number of aromatic nitrogens is 1. The molecule has 1 aromatic heterocycles. The van der Waals surface area contributed by atoms with Gasteiger partial charge in [-0.2, -0.15) is 0 Å². The summed E-state index contributed by atoms with van der Waals surface area (Å²) in [5, 5.41) is 3.70. The van der Waals surface area contributed by atoms with Crippen molar-refractivity contribution in [1.82, 2.24) is 10.3 Å². The van der Waals surface area contributed by atoms with Gasteiger partial charge >= 0.3 is 0 Å². The summed E-state index contributed by atoms with van der Waals surface area (Å²) >= 11 is 0. The van der Waals surface area contributed by atoms with Crippen molar-refractivity contribution < 1.29 is 0 Å². The molecule has 1 fully saturated rings. The molecule has 2 heterocycles. The molecule has 0 bridgehead atoms. The quantitative estimate of drug-likeness (QED) is 0.683. The highest BCUT2D eigenvalue weighted by Gasteiger charge is 2.25. The Bertz CT molecular complexity index is 786. The van der Waals surface area contributed by atoms with Crippen molar-refractivity contribution in [2.24, 2.45) is 0 Å². The first-order chi connectivity index (χ1) is 11.8. The number of aromatic amines is 1. The van der Waals surface area contributed by atoms with Gasteiger partial charge in [-0.05, 0) is 60.5 Å². The van der Waals surface area contributed by atoms with E-state index in [4.69, 9.17) is 0 Å². The summed E-state index contributed by atoms with van der Waals surface area (Å²) in [5.74, 6) is 0.649. The van der Waals surface area contributed by atoms with Crippen molar-refractivity contribution in [3.63, 3.8) is 0 Å². The lowest BCUT2D eigenvalue weighted by Gasteiger charge is -2.31. The molecule has 0 amide bonds. The lowest BCUT2D eigenvalue weighted by atomic mass is 9.84. The summed E-state index contributed by atoms with van der Waals surface area (Å²) in [5.41, 5.74) is 6.77. The molecule has 0 aliphatic carbocycles. The summed E-state index contributed by atoms with van der Waals surface area (Å²) in [6.45, 7) is 3.27. The monoisotopic (exact) mass is 316 g/mol. The standard InChI is InChI=1S/C22H24N2/c1-16-21(12-14-23-16)20-11-13-24-22(15-20)19-9-7-18(8-10-19)17-5-3-2-4-6-17/h2-10,12,14,20,22-24H,11,13,15H2,1H3. The molecule has 0 radical (unpaired) electrons. The first-order valence-electron chi connectivity index (χ1n) is 8.84. The molecule has 2 N–H and O–H groups in total. The number of aryl methyl sites for hydroxylation is 1. The maximum absolute atomic E-state index is 3.70. The summed E-state index contributed by atoms with van der Waals surface area (Å²) in [7, 11) is 0. The number of piperidine rings is 1. The van der Waals surface area contributed by atoms with Crippen LogP contribution in [0.25, 0.3) is 11.1 Å². The number of hydrogen-bond acceptors (Lipinski definition) is 1. The van der Waals surface area contributed by atoms with E-state index in [2.05, 4.69) is 84.1 Å². The Kier molecular flexibility index (Phi) is 4.22. The first-order valence-corrected chi connectivity index (χ1v) is 8.84. The lowest BCUT2D eigenvalue weighted by Crippen LogP contribution is -2.31. The molecule has 1 aliphatic rings. The van der Waals surface area contributed by atoms with Crippen LogP contribution in [0.1, 0.15) is 41.6 Å². The van der Waals surface area contributed by atoms with Crippen LogP contribution in [0.2, 0.25) is 0 Å². The highest BCUT2D eigenvalue weighted by Crippen LogP contribution is 2.35. The lowest BCUT2D eigenvalue weighted by molar-refractivity contribution is 0.369. The normalized spacial score (nSPS) is 20.9. The second-order valence-corrected chi connectivity index (χ2v) is 6.77. The molecule has 0 spiro atoms. The zero-order chi connectivity index (χ0) is 16.4. The summed E-state index contributed by atoms with van der Waals surface area (Å²) in [6, 6.07) is 22.3. The molecule has 2 unspecified atom stereocenters. The Morgan fingerprint density at radius 3 is 2.33 bits per heavy atom. The van der Waals surface area contributed by atoms with Crippen LogP contribution in [-0.2, 0) is 0 Å². The van der Waals surface area contributed by atoms with E-state index in [1.54, 1.807) is 0 Å². The Morgan fingerprint density at radius 1 is 0.875 bits per heavy atom. The third-order valence-corrected chi connectivity index (χ3v) is 5.26. The van der Waals surface area contributed by atoms with Crippen LogP contribution in [0.4, 0.5) is 0 Å². The fraction of sp³-hybridized carbons (Fsp3) is 0.273. The SMILES string of the molecule is Cc1[nH]ccc1C1CCNC(c2ccc(-c3ccccc3)cc2)C1. The number of rotatable bonds is 3. The van der Waals surface area contributed by atoms with Crippen molar-refractivity contribution in [2.75, 3.05) is 6.54 Å². The van der Waals surface area contributed by atoms with Gasteiger partial charge in [-0.3, -0.25) is 0 Å². The van der Waals surface area contributed by atoms with Crippen LogP contribution in [0.15, 0.2) is 66.9 Å². The summed E-state index contributed by atoms with van der Waals surface area (Å²) in [4.78, 5) is 3.33. The van der Waals surface area contributed by atoms with Crippen LogP contribution >= 0.6 is 0 Å². The zero-order valence-corrected chi connectivity index (χ0v) is 14.1. The van der Waals surface area contributed by atoms with Gasteiger partial charge in [0.2, 0.25) is 0 Å². The Morgan fingerprint density at radius 2 is 1.62 bits per heavy atom. The number of nitrogens with one attached hydrogen (secondary N) is 2. The molecule has 24 heavy (non-hydrogen) atoms. The molecule has 1 aliphatic heterocycles. The van der Waals surface area contributed by atoms with Crippen molar-refractivity contribution in [3.8, 4) is 11.1 Å². The van der Waals surface area contributed by atoms with Crippen LogP contribution in [0.5, 0.6) is 0 Å². The van der Waals surface area contributed by atoms with Crippen molar-refractivity contribution in [2.45, 2.75) is 31.7 Å². The van der Waals surface area contributed by atoms with E-state index in [1.807, 2.05) is 0 Å². The second-order valence-electron chi connectivity index (χ2n) is 6.77. The molecule has 2 aromatic carbocycles. The minimum atomic E-state index is 0.447. The molecule has 0 saturated carbocycles. The molecule has 3 aromatic rings. The van der Waals surface area contributed by atoms with Crippen LogP contribution in [0, 0.1) is 6.92 Å². The van der Waals surface area contributed by atoms with Gasteiger partial charge in [-0.25, -0.2) is 0 Å². The van der Waals surface area contributed by atoms with Crippen molar-refractivity contribution in [3.05, 3.63) is 83.7 Å². The van der Waals surface area contributed by atoms with Crippen LogP contribution < -0.4 is 5.32 Å². The topological polar surface area (TPSA) is 27.8 Å². The van der Waals surface area contributed by atoms with Crippen molar-refractivity contribution >= 4 is 0 Å². The Balaban J connectivity index is 1.52. The van der Waals surface area contributed by atoms with E-state index in [9.17, 15) is 0 Å². The number of hydrogen-bond donors (Lipinski definition) is 2. The van der Waals surface area contributed by atoms with Gasteiger partial charge in [0.1, 0.15) is 0 Å². The Labute approximate surface area is 143 Å². The molecule has 2 atom stereocenters. The van der Waals surface area contributed by atoms with Gasteiger partial charge in [0.25, 0.3) is 0 Å². The zero-order valence-electron chi connectivity index (χ0n) is 14.1. The number of H-pyrrole nitrogens is 1. The minimum absolute atomic E-state index is 0.447.